The van der Waals surface area contributed by atoms with Crippen molar-refractivity contribution < 1.29 is 9.59 Å². The first-order valence-corrected chi connectivity index (χ1v) is 9.53. The van der Waals surface area contributed by atoms with Gasteiger partial charge in [0, 0.05) is 33.2 Å². The molecule has 124 valence electrons. The van der Waals surface area contributed by atoms with Gasteiger partial charge in [-0.25, -0.2) is 0 Å². The summed E-state index contributed by atoms with van der Waals surface area (Å²) in [5.74, 6) is 0.0585. The molecule has 2 aromatic rings. The summed E-state index contributed by atoms with van der Waals surface area (Å²) < 4.78 is 1.77. The molecule has 6 heteroatoms. The van der Waals surface area contributed by atoms with Crippen molar-refractivity contribution in [3.63, 3.8) is 0 Å². The minimum Gasteiger partial charge on any atom is -0.338 e. The zero-order valence-corrected chi connectivity index (χ0v) is 16.6. The normalized spacial score (nSPS) is 14.1. The molecular weight excluding hydrogens is 483 g/mol. The number of anilines is 1. The molecule has 2 amide bonds. The van der Waals surface area contributed by atoms with Crippen molar-refractivity contribution in [2.75, 3.05) is 11.9 Å². The molecule has 0 saturated carbocycles. The SMILES string of the molecule is O=C(Nc1cccc(CN2CCCC2=O)c1)c1cc(Br)ccc1I. The lowest BCUT2D eigenvalue weighted by Crippen LogP contribution is -2.23. The lowest BCUT2D eigenvalue weighted by Gasteiger charge is -2.16. The minimum atomic E-state index is -0.143. The van der Waals surface area contributed by atoms with E-state index in [4.69, 9.17) is 0 Å². The van der Waals surface area contributed by atoms with Crippen LogP contribution in [0.25, 0.3) is 0 Å². The fraction of sp³-hybridized carbons (Fsp3) is 0.222. The number of halogens is 2. The third-order valence-electron chi connectivity index (χ3n) is 3.90. The van der Waals surface area contributed by atoms with E-state index in [1.54, 1.807) is 0 Å². The van der Waals surface area contributed by atoms with Crippen LogP contribution in [0.3, 0.4) is 0 Å². The van der Waals surface area contributed by atoms with Crippen LogP contribution in [-0.4, -0.2) is 23.3 Å². The molecule has 0 bridgehead atoms. The molecule has 1 aliphatic heterocycles. The topological polar surface area (TPSA) is 49.4 Å². The molecule has 0 aromatic heterocycles. The highest BCUT2D eigenvalue weighted by molar-refractivity contribution is 14.1. The molecule has 0 spiro atoms. The predicted octanol–water partition coefficient (Wildman–Crippen LogP) is 4.43. The maximum atomic E-state index is 12.5. The Kier molecular flexibility index (Phi) is 5.55. The molecule has 1 fully saturated rings. The van der Waals surface area contributed by atoms with Crippen molar-refractivity contribution in [3.8, 4) is 0 Å². The number of nitrogens with zero attached hydrogens (tertiary/aromatic N) is 1. The van der Waals surface area contributed by atoms with E-state index in [0.717, 1.165) is 32.3 Å². The predicted molar refractivity (Wildman–Crippen MR) is 106 cm³/mol. The number of carbonyl (C=O) groups excluding carboxylic acids is 2. The van der Waals surface area contributed by atoms with Gasteiger partial charge in [0.15, 0.2) is 0 Å². The van der Waals surface area contributed by atoms with Crippen LogP contribution in [0.15, 0.2) is 46.9 Å². The summed E-state index contributed by atoms with van der Waals surface area (Å²) in [6.07, 6.45) is 1.56. The summed E-state index contributed by atoms with van der Waals surface area (Å²) in [5.41, 5.74) is 2.39. The summed E-state index contributed by atoms with van der Waals surface area (Å²) in [7, 11) is 0. The van der Waals surface area contributed by atoms with Gasteiger partial charge in [-0.1, -0.05) is 28.1 Å². The molecule has 1 heterocycles. The Bertz CT molecular complexity index is 794. The van der Waals surface area contributed by atoms with Gasteiger partial charge in [-0.3, -0.25) is 9.59 Å². The number of hydrogen-bond acceptors (Lipinski definition) is 2. The molecule has 24 heavy (non-hydrogen) atoms. The van der Waals surface area contributed by atoms with Crippen LogP contribution >= 0.6 is 38.5 Å². The summed E-state index contributed by atoms with van der Waals surface area (Å²) in [6, 6.07) is 13.3. The fourth-order valence-corrected chi connectivity index (χ4v) is 3.65. The molecular formula is C18H16BrIN2O2. The molecule has 0 unspecified atom stereocenters. The highest BCUT2D eigenvalue weighted by Gasteiger charge is 2.20. The van der Waals surface area contributed by atoms with Crippen molar-refractivity contribution in [2.24, 2.45) is 0 Å². The number of nitrogens with one attached hydrogen (secondary N) is 1. The van der Waals surface area contributed by atoms with Crippen molar-refractivity contribution >= 4 is 56.0 Å². The van der Waals surface area contributed by atoms with Gasteiger partial charge in [-0.15, -0.1) is 0 Å². The number of benzene rings is 2. The fourth-order valence-electron chi connectivity index (χ4n) is 2.71. The van der Waals surface area contributed by atoms with E-state index in [0.29, 0.717) is 18.5 Å². The maximum absolute atomic E-state index is 12.5. The summed E-state index contributed by atoms with van der Waals surface area (Å²) >= 11 is 5.55. The number of carbonyl (C=O) groups is 2. The second-order valence-electron chi connectivity index (χ2n) is 5.70. The molecule has 0 atom stereocenters. The zero-order valence-electron chi connectivity index (χ0n) is 12.9. The summed E-state index contributed by atoms with van der Waals surface area (Å²) in [5, 5.41) is 2.93. The van der Waals surface area contributed by atoms with E-state index in [-0.39, 0.29) is 11.8 Å². The largest absolute Gasteiger partial charge is 0.338 e. The highest BCUT2D eigenvalue weighted by atomic mass is 127. The van der Waals surface area contributed by atoms with Gasteiger partial charge in [-0.2, -0.15) is 0 Å². The average Bonchev–Trinajstić information content (AvgIpc) is 2.95. The van der Waals surface area contributed by atoms with Gasteiger partial charge in [0.2, 0.25) is 5.91 Å². The highest BCUT2D eigenvalue weighted by Crippen LogP contribution is 2.21. The van der Waals surface area contributed by atoms with Crippen molar-refractivity contribution in [1.82, 2.24) is 4.90 Å². The standard InChI is InChI=1S/C18H16BrIN2O2/c19-13-6-7-16(20)15(10-13)18(24)21-14-4-1-3-12(9-14)11-22-8-2-5-17(22)23/h1,3-4,6-7,9-10H,2,5,8,11H2,(H,21,24). The van der Waals surface area contributed by atoms with Gasteiger partial charge < -0.3 is 10.2 Å². The monoisotopic (exact) mass is 498 g/mol. The van der Waals surface area contributed by atoms with Crippen LogP contribution < -0.4 is 5.32 Å². The summed E-state index contributed by atoms with van der Waals surface area (Å²) in [4.78, 5) is 26.1. The smallest absolute Gasteiger partial charge is 0.256 e. The first-order valence-electron chi connectivity index (χ1n) is 7.66. The van der Waals surface area contributed by atoms with Crippen LogP contribution in [0, 0.1) is 3.57 Å². The van der Waals surface area contributed by atoms with Gasteiger partial charge in [0.1, 0.15) is 0 Å². The molecule has 0 aliphatic carbocycles. The Balaban J connectivity index is 1.73. The summed E-state index contributed by atoms with van der Waals surface area (Å²) in [6.45, 7) is 1.41. The van der Waals surface area contributed by atoms with Gasteiger partial charge >= 0.3 is 0 Å². The van der Waals surface area contributed by atoms with Gasteiger partial charge in [0.25, 0.3) is 5.91 Å². The van der Waals surface area contributed by atoms with Gasteiger partial charge in [0.05, 0.1) is 5.56 Å². The molecule has 1 N–H and O–H groups in total. The van der Waals surface area contributed by atoms with Crippen LogP contribution in [0.5, 0.6) is 0 Å². The Morgan fingerprint density at radius 2 is 2.08 bits per heavy atom. The number of likely N-dealkylation sites (tertiary alicyclic amines) is 1. The van der Waals surface area contributed by atoms with E-state index in [9.17, 15) is 9.59 Å². The molecule has 2 aromatic carbocycles. The van der Waals surface area contributed by atoms with E-state index in [1.165, 1.54) is 0 Å². The van der Waals surface area contributed by atoms with E-state index in [1.807, 2.05) is 47.4 Å². The van der Waals surface area contributed by atoms with Crippen molar-refractivity contribution in [2.45, 2.75) is 19.4 Å². The van der Waals surface area contributed by atoms with Gasteiger partial charge in [-0.05, 0) is 64.9 Å². The second kappa shape index (κ2) is 7.65. The molecule has 0 radical (unpaired) electrons. The van der Waals surface area contributed by atoms with Crippen molar-refractivity contribution in [3.05, 3.63) is 61.6 Å². The molecule has 1 aliphatic rings. The second-order valence-corrected chi connectivity index (χ2v) is 7.78. The zero-order chi connectivity index (χ0) is 17.1. The molecule has 4 nitrogen and oxygen atoms in total. The van der Waals surface area contributed by atoms with Crippen LogP contribution in [0.1, 0.15) is 28.8 Å². The lowest BCUT2D eigenvalue weighted by atomic mass is 10.1. The Hall–Kier alpha value is -1.41. The van der Waals surface area contributed by atoms with E-state index < -0.39 is 0 Å². The molecule has 3 rings (SSSR count). The minimum absolute atomic E-state index is 0.143. The van der Waals surface area contributed by atoms with Crippen molar-refractivity contribution in [1.29, 1.82) is 0 Å². The number of rotatable bonds is 4. The number of amides is 2. The average molecular weight is 499 g/mol. The quantitative estimate of drug-likeness (QED) is 0.634. The van der Waals surface area contributed by atoms with E-state index >= 15 is 0 Å². The van der Waals surface area contributed by atoms with Crippen LogP contribution in [0.4, 0.5) is 5.69 Å². The van der Waals surface area contributed by atoms with Crippen LogP contribution in [-0.2, 0) is 11.3 Å². The Morgan fingerprint density at radius 1 is 1.25 bits per heavy atom. The third kappa shape index (κ3) is 4.16. The van der Waals surface area contributed by atoms with Crippen LogP contribution in [0.2, 0.25) is 0 Å². The molecule has 1 saturated heterocycles. The Labute approximate surface area is 162 Å². The lowest BCUT2D eigenvalue weighted by molar-refractivity contribution is -0.128. The first kappa shape index (κ1) is 17.4. The Morgan fingerprint density at radius 3 is 2.83 bits per heavy atom. The maximum Gasteiger partial charge on any atom is 0.256 e. The first-order chi connectivity index (χ1) is 11.5. The third-order valence-corrected chi connectivity index (χ3v) is 5.34. The number of hydrogen-bond donors (Lipinski definition) is 1. The van der Waals surface area contributed by atoms with E-state index in [2.05, 4.69) is 43.8 Å².